The second-order valence-corrected chi connectivity index (χ2v) is 18.2. The fraction of sp³-hybridized carbons (Fsp3) is 0.792. The number of rotatable bonds is 42. The number of hydrogen-bond donors (Lipinski definition) is 1. The Labute approximate surface area is 356 Å². The van der Waals surface area contributed by atoms with Gasteiger partial charge in [-0.1, -0.05) is 152 Å². The Morgan fingerprint density at radius 1 is 0.534 bits per heavy atom. The molecule has 0 fully saturated rings. The first kappa shape index (κ1) is 56.0. The molecule has 2 atom stereocenters. The van der Waals surface area contributed by atoms with Gasteiger partial charge in [-0.05, 0) is 77.0 Å². The maximum atomic E-state index is 12.7. The zero-order valence-corrected chi connectivity index (χ0v) is 38.9. The summed E-state index contributed by atoms with van der Waals surface area (Å²) in [6.45, 7) is 4.35. The zero-order chi connectivity index (χ0) is 42.8. The summed E-state index contributed by atoms with van der Waals surface area (Å²) in [6.07, 6.45) is 47.2. The number of esters is 2. The lowest BCUT2D eigenvalue weighted by Gasteiger charge is -2.24. The van der Waals surface area contributed by atoms with Crippen LogP contribution in [0.15, 0.2) is 48.6 Å². The summed E-state index contributed by atoms with van der Waals surface area (Å²) in [4.78, 5) is 35.4. The summed E-state index contributed by atoms with van der Waals surface area (Å²) >= 11 is 0. The molecule has 0 aliphatic heterocycles. The highest BCUT2D eigenvalue weighted by Crippen LogP contribution is 2.43. The molecule has 0 rings (SSSR count). The number of unbranched alkanes of at least 4 members (excludes halogenated alkanes) is 20. The molecule has 0 saturated heterocycles. The lowest BCUT2D eigenvalue weighted by atomic mass is 10.1. The topological polar surface area (TPSA) is 108 Å². The Bertz CT molecular complexity index is 1130. The van der Waals surface area contributed by atoms with Crippen LogP contribution in [-0.2, 0) is 32.7 Å². The van der Waals surface area contributed by atoms with Gasteiger partial charge in [-0.2, -0.15) is 0 Å². The molecule has 0 spiro atoms. The number of quaternary nitrogens is 1. The minimum absolute atomic E-state index is 0.0269. The van der Waals surface area contributed by atoms with Crippen LogP contribution in [0, 0.1) is 0 Å². The molecule has 10 heteroatoms. The number of ether oxygens (including phenoxy) is 2. The first-order valence-corrected chi connectivity index (χ1v) is 24.9. The van der Waals surface area contributed by atoms with Crippen molar-refractivity contribution in [3.05, 3.63) is 48.6 Å². The summed E-state index contributed by atoms with van der Waals surface area (Å²) in [5.74, 6) is -0.819. The Morgan fingerprint density at radius 3 is 1.36 bits per heavy atom. The number of phosphoric acid groups is 1. The van der Waals surface area contributed by atoms with Gasteiger partial charge in [0.2, 0.25) is 0 Å². The molecule has 1 N–H and O–H groups in total. The van der Waals surface area contributed by atoms with Crippen molar-refractivity contribution in [2.75, 3.05) is 47.5 Å². The predicted octanol–water partition coefficient (Wildman–Crippen LogP) is 13.5. The van der Waals surface area contributed by atoms with Crippen LogP contribution >= 0.6 is 7.82 Å². The van der Waals surface area contributed by atoms with Gasteiger partial charge in [0.15, 0.2) is 6.10 Å². The molecule has 0 aromatic rings. The molecule has 0 heterocycles. The van der Waals surface area contributed by atoms with Gasteiger partial charge in [0.25, 0.3) is 0 Å². The molecule has 0 amide bonds. The summed E-state index contributed by atoms with van der Waals surface area (Å²) in [7, 11) is 1.46. The summed E-state index contributed by atoms with van der Waals surface area (Å²) in [5.41, 5.74) is 0. The normalized spacial score (nSPS) is 14.0. The van der Waals surface area contributed by atoms with Crippen LogP contribution in [0.1, 0.15) is 194 Å². The number of carbonyl (C=O) groups excluding carboxylic acids is 2. The van der Waals surface area contributed by atoms with E-state index in [-0.39, 0.29) is 32.0 Å². The Morgan fingerprint density at radius 2 is 0.931 bits per heavy atom. The quantitative estimate of drug-likeness (QED) is 0.0213. The molecule has 0 radical (unpaired) electrons. The number of nitrogens with zero attached hydrogens (tertiary/aromatic N) is 1. The Hall–Kier alpha value is -2.03. The van der Waals surface area contributed by atoms with Crippen LogP contribution in [0.25, 0.3) is 0 Å². The third-order valence-corrected chi connectivity index (χ3v) is 10.8. The fourth-order valence-corrected chi connectivity index (χ4v) is 6.87. The van der Waals surface area contributed by atoms with E-state index in [4.69, 9.17) is 18.5 Å². The molecule has 1 unspecified atom stereocenters. The highest BCUT2D eigenvalue weighted by Gasteiger charge is 2.27. The van der Waals surface area contributed by atoms with Crippen LogP contribution in [0.2, 0.25) is 0 Å². The zero-order valence-electron chi connectivity index (χ0n) is 38.0. The lowest BCUT2D eigenvalue weighted by molar-refractivity contribution is -0.870. The highest BCUT2D eigenvalue weighted by molar-refractivity contribution is 7.47. The van der Waals surface area contributed by atoms with E-state index in [1.807, 2.05) is 21.1 Å². The molecule has 58 heavy (non-hydrogen) atoms. The number of likely N-dealkylation sites (N-methyl/N-ethyl adjacent to an activating group) is 1. The van der Waals surface area contributed by atoms with E-state index in [0.717, 1.165) is 64.2 Å². The standard InChI is InChI=1S/C48H88NO8P/c1-6-8-10-12-14-16-18-20-22-23-24-25-27-28-30-32-34-36-38-40-47(50)54-44-46(45-56-58(52,53)55-43-42-49(3,4)5)57-48(51)41-39-37-35-33-31-29-26-21-19-17-15-13-11-9-7-2/h14-17,20-22,26,46H,6-13,18-19,23-25,27-45H2,1-5H3/p+1/b16-14-,17-15-,22-20-,26-21-/t46-/m1/s1. The van der Waals surface area contributed by atoms with E-state index in [9.17, 15) is 19.0 Å². The van der Waals surface area contributed by atoms with Crippen molar-refractivity contribution in [3.63, 3.8) is 0 Å². The molecule has 9 nitrogen and oxygen atoms in total. The predicted molar refractivity (Wildman–Crippen MR) is 243 cm³/mol. The molecule has 0 aliphatic carbocycles. The van der Waals surface area contributed by atoms with Crippen LogP contribution in [0.4, 0.5) is 0 Å². The van der Waals surface area contributed by atoms with Crippen molar-refractivity contribution in [2.24, 2.45) is 0 Å². The van der Waals surface area contributed by atoms with Crippen molar-refractivity contribution in [3.8, 4) is 0 Å². The van der Waals surface area contributed by atoms with Crippen LogP contribution in [0.3, 0.4) is 0 Å². The third-order valence-electron chi connectivity index (χ3n) is 9.83. The number of allylic oxidation sites excluding steroid dienone is 8. The molecule has 0 saturated carbocycles. The van der Waals surface area contributed by atoms with E-state index < -0.39 is 26.5 Å². The number of hydrogen-bond acceptors (Lipinski definition) is 7. The first-order chi connectivity index (χ1) is 28.0. The highest BCUT2D eigenvalue weighted by atomic mass is 31.2. The Balaban J connectivity index is 4.33. The van der Waals surface area contributed by atoms with Crippen LogP contribution in [0.5, 0.6) is 0 Å². The molecule has 0 aliphatic rings. The molecular formula is C48H89NO8P+. The number of carbonyl (C=O) groups is 2. The van der Waals surface area contributed by atoms with E-state index >= 15 is 0 Å². The van der Waals surface area contributed by atoms with Gasteiger partial charge in [-0.15, -0.1) is 0 Å². The van der Waals surface area contributed by atoms with Crippen molar-refractivity contribution in [2.45, 2.75) is 200 Å². The van der Waals surface area contributed by atoms with E-state index in [1.165, 1.54) is 96.3 Å². The first-order valence-electron chi connectivity index (χ1n) is 23.4. The maximum absolute atomic E-state index is 12.7. The molecule has 338 valence electrons. The van der Waals surface area contributed by atoms with E-state index in [1.54, 1.807) is 0 Å². The largest absolute Gasteiger partial charge is 0.472 e. The van der Waals surface area contributed by atoms with Crippen molar-refractivity contribution >= 4 is 19.8 Å². The summed E-state index contributed by atoms with van der Waals surface area (Å²) in [6, 6.07) is 0. The maximum Gasteiger partial charge on any atom is 0.472 e. The van der Waals surface area contributed by atoms with Crippen molar-refractivity contribution in [1.29, 1.82) is 0 Å². The molecule has 0 bridgehead atoms. The fourth-order valence-electron chi connectivity index (χ4n) is 6.13. The van der Waals surface area contributed by atoms with Crippen LogP contribution < -0.4 is 0 Å². The van der Waals surface area contributed by atoms with Gasteiger partial charge in [-0.25, -0.2) is 4.57 Å². The van der Waals surface area contributed by atoms with Crippen molar-refractivity contribution < 1.29 is 42.1 Å². The monoisotopic (exact) mass is 839 g/mol. The lowest BCUT2D eigenvalue weighted by Crippen LogP contribution is -2.37. The van der Waals surface area contributed by atoms with Crippen molar-refractivity contribution in [1.82, 2.24) is 0 Å². The van der Waals surface area contributed by atoms with Gasteiger partial charge < -0.3 is 18.9 Å². The van der Waals surface area contributed by atoms with Gasteiger partial charge in [0, 0.05) is 12.8 Å². The molecular weight excluding hydrogens is 750 g/mol. The van der Waals surface area contributed by atoms with Crippen LogP contribution in [-0.4, -0.2) is 74.9 Å². The second kappa shape index (κ2) is 40.4. The Kier molecular flexibility index (Phi) is 39.0. The molecule has 0 aromatic carbocycles. The van der Waals surface area contributed by atoms with E-state index in [2.05, 4.69) is 62.5 Å². The average Bonchev–Trinajstić information content (AvgIpc) is 3.17. The van der Waals surface area contributed by atoms with Gasteiger partial charge in [0.05, 0.1) is 27.7 Å². The smallest absolute Gasteiger partial charge is 0.462 e. The summed E-state index contributed by atoms with van der Waals surface area (Å²) in [5, 5.41) is 0. The van der Waals surface area contributed by atoms with Gasteiger partial charge in [-0.3, -0.25) is 18.6 Å². The van der Waals surface area contributed by atoms with Gasteiger partial charge in [0.1, 0.15) is 19.8 Å². The molecule has 0 aromatic heterocycles. The van der Waals surface area contributed by atoms with E-state index in [0.29, 0.717) is 17.4 Å². The number of phosphoric ester groups is 1. The minimum Gasteiger partial charge on any atom is -0.462 e. The summed E-state index contributed by atoms with van der Waals surface area (Å²) < 4.78 is 34.3. The minimum atomic E-state index is -4.38. The third kappa shape index (κ3) is 43.5. The van der Waals surface area contributed by atoms with Gasteiger partial charge >= 0.3 is 19.8 Å². The average molecular weight is 839 g/mol. The SMILES string of the molecule is CCCCC/C=C\C/C=C\CCCCCCCCCCCC(=O)OC[C@H](COP(=O)(O)OCC[N+](C)(C)C)OC(=O)CCCCCCC/C=C\C/C=C\CCCCC. The second-order valence-electron chi connectivity index (χ2n) is 16.8.